The molecule has 0 atom stereocenters. The van der Waals surface area contributed by atoms with Crippen LogP contribution in [-0.2, 0) is 0 Å². The van der Waals surface area contributed by atoms with Crippen LogP contribution in [0.15, 0.2) is 42.7 Å². The second-order valence-electron chi connectivity index (χ2n) is 4.20. The van der Waals surface area contributed by atoms with Crippen molar-refractivity contribution < 1.29 is 9.90 Å². The minimum atomic E-state index is -0.240. The van der Waals surface area contributed by atoms with Crippen LogP contribution in [0.5, 0.6) is 0 Å². The maximum absolute atomic E-state index is 12.1. The first kappa shape index (κ1) is 13.8. The van der Waals surface area contributed by atoms with Gasteiger partial charge in [-0.05, 0) is 36.8 Å². The van der Waals surface area contributed by atoms with Crippen LogP contribution in [0.25, 0.3) is 0 Å². The number of aromatic nitrogens is 1. The number of pyridine rings is 1. The van der Waals surface area contributed by atoms with Gasteiger partial charge in [0.25, 0.3) is 5.91 Å². The number of amides is 1. The Kier molecular flexibility index (Phi) is 4.48. The Labute approximate surface area is 117 Å². The van der Waals surface area contributed by atoms with Crippen molar-refractivity contribution in [2.75, 3.05) is 11.9 Å². The van der Waals surface area contributed by atoms with Gasteiger partial charge < -0.3 is 10.4 Å². The summed E-state index contributed by atoms with van der Waals surface area (Å²) in [5.74, 6) is 5.16. The zero-order chi connectivity index (χ0) is 14.4. The van der Waals surface area contributed by atoms with Gasteiger partial charge in [-0.3, -0.25) is 9.78 Å². The smallest absolute Gasteiger partial charge is 0.257 e. The molecule has 0 spiro atoms. The van der Waals surface area contributed by atoms with E-state index in [1.807, 2.05) is 25.1 Å². The molecule has 0 bridgehead atoms. The fourth-order valence-corrected chi connectivity index (χ4v) is 1.70. The van der Waals surface area contributed by atoms with Gasteiger partial charge in [-0.25, -0.2) is 0 Å². The van der Waals surface area contributed by atoms with Gasteiger partial charge in [-0.15, -0.1) is 0 Å². The number of nitrogens with one attached hydrogen (secondary N) is 1. The third-order valence-electron chi connectivity index (χ3n) is 2.65. The van der Waals surface area contributed by atoms with Gasteiger partial charge in [0.2, 0.25) is 0 Å². The molecule has 1 aromatic carbocycles. The van der Waals surface area contributed by atoms with Crippen molar-refractivity contribution in [3.05, 3.63) is 59.4 Å². The zero-order valence-corrected chi connectivity index (χ0v) is 11.1. The molecule has 2 rings (SSSR count). The van der Waals surface area contributed by atoms with Crippen molar-refractivity contribution in [2.45, 2.75) is 6.92 Å². The summed E-state index contributed by atoms with van der Waals surface area (Å²) in [7, 11) is 0. The van der Waals surface area contributed by atoms with Crippen molar-refractivity contribution in [1.29, 1.82) is 0 Å². The molecule has 0 saturated carbocycles. The molecule has 0 aliphatic heterocycles. The van der Waals surface area contributed by atoms with Crippen molar-refractivity contribution in [1.82, 2.24) is 4.98 Å². The molecule has 0 unspecified atom stereocenters. The van der Waals surface area contributed by atoms with E-state index in [0.717, 1.165) is 5.56 Å². The predicted molar refractivity (Wildman–Crippen MR) is 77.3 cm³/mol. The van der Waals surface area contributed by atoms with Crippen molar-refractivity contribution in [3.8, 4) is 11.8 Å². The van der Waals surface area contributed by atoms with E-state index in [1.54, 1.807) is 18.3 Å². The molecule has 0 radical (unpaired) electrons. The van der Waals surface area contributed by atoms with Crippen molar-refractivity contribution >= 4 is 11.6 Å². The second kappa shape index (κ2) is 6.50. The molecule has 1 heterocycles. The first-order chi connectivity index (χ1) is 9.70. The average molecular weight is 266 g/mol. The molecular weight excluding hydrogens is 252 g/mol. The Balaban J connectivity index is 2.28. The summed E-state index contributed by atoms with van der Waals surface area (Å²) in [6.45, 7) is 1.72. The number of hydrogen-bond donors (Lipinski definition) is 2. The molecule has 4 heteroatoms. The highest BCUT2D eigenvalue weighted by atomic mass is 16.2. The molecule has 0 saturated heterocycles. The minimum Gasteiger partial charge on any atom is -0.384 e. The summed E-state index contributed by atoms with van der Waals surface area (Å²) in [4.78, 5) is 16.0. The molecule has 0 aliphatic carbocycles. The van der Waals surface area contributed by atoms with Gasteiger partial charge in [-0.2, -0.15) is 0 Å². The van der Waals surface area contributed by atoms with Gasteiger partial charge in [-0.1, -0.05) is 17.9 Å². The van der Waals surface area contributed by atoms with Gasteiger partial charge in [0.1, 0.15) is 6.61 Å². The van der Waals surface area contributed by atoms with Crippen LogP contribution in [0.4, 0.5) is 5.69 Å². The highest BCUT2D eigenvalue weighted by Gasteiger charge is 2.08. The van der Waals surface area contributed by atoms with Crippen molar-refractivity contribution in [3.63, 3.8) is 0 Å². The number of aryl methyl sites for hydroxylation is 1. The van der Waals surface area contributed by atoms with E-state index < -0.39 is 0 Å². The van der Waals surface area contributed by atoms with E-state index >= 15 is 0 Å². The summed E-state index contributed by atoms with van der Waals surface area (Å²) in [6.07, 6.45) is 3.12. The number of benzene rings is 1. The summed E-state index contributed by atoms with van der Waals surface area (Å²) in [5, 5.41) is 11.6. The van der Waals surface area contributed by atoms with Gasteiger partial charge in [0.05, 0.1) is 11.3 Å². The molecule has 20 heavy (non-hydrogen) atoms. The summed E-state index contributed by atoms with van der Waals surface area (Å²) in [5.41, 5.74) is 2.79. The second-order valence-corrected chi connectivity index (χ2v) is 4.20. The van der Waals surface area contributed by atoms with Crippen LogP contribution >= 0.6 is 0 Å². The fourth-order valence-electron chi connectivity index (χ4n) is 1.70. The van der Waals surface area contributed by atoms with E-state index in [9.17, 15) is 4.79 Å². The lowest BCUT2D eigenvalue weighted by molar-refractivity contribution is 0.102. The molecule has 1 amide bonds. The van der Waals surface area contributed by atoms with E-state index in [2.05, 4.69) is 22.1 Å². The van der Waals surface area contributed by atoms with Crippen LogP contribution in [0.1, 0.15) is 21.5 Å². The van der Waals surface area contributed by atoms with E-state index in [4.69, 9.17) is 5.11 Å². The number of aliphatic hydroxyl groups excluding tert-OH is 1. The first-order valence-corrected chi connectivity index (χ1v) is 6.12. The minimum absolute atomic E-state index is 0.218. The van der Waals surface area contributed by atoms with Crippen LogP contribution < -0.4 is 5.32 Å². The molecule has 4 nitrogen and oxygen atoms in total. The van der Waals surface area contributed by atoms with E-state index in [1.165, 1.54) is 6.20 Å². The number of anilines is 1. The van der Waals surface area contributed by atoms with Crippen LogP contribution in [0, 0.1) is 18.8 Å². The largest absolute Gasteiger partial charge is 0.384 e. The third kappa shape index (κ3) is 3.44. The Morgan fingerprint density at radius 3 is 2.95 bits per heavy atom. The Bertz CT molecular complexity index is 670. The van der Waals surface area contributed by atoms with E-state index in [0.29, 0.717) is 16.8 Å². The molecule has 0 aliphatic rings. The number of carbonyl (C=O) groups is 1. The normalized spacial score (nSPS) is 9.50. The molecule has 100 valence electrons. The summed E-state index contributed by atoms with van der Waals surface area (Å²) >= 11 is 0. The Morgan fingerprint density at radius 2 is 2.25 bits per heavy atom. The lowest BCUT2D eigenvalue weighted by Gasteiger charge is -2.08. The van der Waals surface area contributed by atoms with Gasteiger partial charge in [0, 0.05) is 18.0 Å². The monoisotopic (exact) mass is 266 g/mol. The standard InChI is InChI=1S/C16H14N2O2/c1-12-6-7-13(5-3-9-19)15(10-12)18-16(20)14-4-2-8-17-11-14/h2,4,6-8,10-11,19H,9H2,1H3,(H,18,20). The van der Waals surface area contributed by atoms with Gasteiger partial charge in [0.15, 0.2) is 0 Å². The molecule has 2 N–H and O–H groups in total. The average Bonchev–Trinajstić information content (AvgIpc) is 2.47. The van der Waals surface area contributed by atoms with Crippen LogP contribution in [0.2, 0.25) is 0 Å². The number of carbonyl (C=O) groups excluding carboxylic acids is 1. The van der Waals surface area contributed by atoms with Crippen LogP contribution in [-0.4, -0.2) is 22.6 Å². The maximum atomic E-state index is 12.1. The number of aliphatic hydroxyl groups is 1. The van der Waals surface area contributed by atoms with E-state index in [-0.39, 0.29) is 12.5 Å². The maximum Gasteiger partial charge on any atom is 0.257 e. The lowest BCUT2D eigenvalue weighted by Crippen LogP contribution is -2.13. The fraction of sp³-hybridized carbons (Fsp3) is 0.125. The molecule has 0 fully saturated rings. The molecular formula is C16H14N2O2. The summed E-state index contributed by atoms with van der Waals surface area (Å²) in [6, 6.07) is 8.96. The topological polar surface area (TPSA) is 62.2 Å². The number of rotatable bonds is 2. The predicted octanol–water partition coefficient (Wildman–Crippen LogP) is 1.99. The zero-order valence-electron chi connectivity index (χ0n) is 11.1. The Hall–Kier alpha value is -2.64. The highest BCUT2D eigenvalue weighted by Crippen LogP contribution is 2.17. The Morgan fingerprint density at radius 1 is 1.40 bits per heavy atom. The SMILES string of the molecule is Cc1ccc(C#CCO)c(NC(=O)c2cccnc2)c1. The molecule has 1 aromatic heterocycles. The van der Waals surface area contributed by atoms with Gasteiger partial charge >= 0.3 is 0 Å². The van der Waals surface area contributed by atoms with Crippen LogP contribution in [0.3, 0.4) is 0 Å². The lowest BCUT2D eigenvalue weighted by atomic mass is 10.1. The number of hydrogen-bond acceptors (Lipinski definition) is 3. The highest BCUT2D eigenvalue weighted by molar-refractivity contribution is 6.04. The summed E-state index contributed by atoms with van der Waals surface area (Å²) < 4.78 is 0. The first-order valence-electron chi connectivity index (χ1n) is 6.12. The van der Waals surface area contributed by atoms with Crippen molar-refractivity contribution in [2.24, 2.45) is 0 Å². The number of nitrogens with zero attached hydrogens (tertiary/aromatic N) is 1. The molecule has 2 aromatic rings. The quantitative estimate of drug-likeness (QED) is 0.817. The third-order valence-corrected chi connectivity index (χ3v) is 2.65.